The zero-order valence-corrected chi connectivity index (χ0v) is 9.03. The van der Waals surface area contributed by atoms with Crippen molar-refractivity contribution in [2.75, 3.05) is 6.61 Å². The highest BCUT2D eigenvalue weighted by atomic mass is 79.9. The van der Waals surface area contributed by atoms with Crippen LogP contribution in [-0.4, -0.2) is 22.5 Å². The minimum absolute atomic E-state index is 0.378. The van der Waals surface area contributed by atoms with E-state index in [0.717, 1.165) is 18.5 Å². The molecule has 4 heteroatoms. The Kier molecular flexibility index (Phi) is 3.01. The molecule has 1 atom stereocenters. The van der Waals surface area contributed by atoms with Crippen molar-refractivity contribution in [1.29, 1.82) is 0 Å². The summed E-state index contributed by atoms with van der Waals surface area (Å²) in [4.78, 5) is 0. The largest absolute Gasteiger partial charge is 0.376 e. The van der Waals surface area contributed by atoms with Crippen molar-refractivity contribution in [3.63, 3.8) is 0 Å². The molecule has 0 N–H and O–H groups in total. The van der Waals surface area contributed by atoms with Crippen molar-refractivity contribution in [3.05, 3.63) is 18.0 Å². The maximum atomic E-state index is 5.53. The second-order valence-corrected chi connectivity index (χ2v) is 3.90. The van der Waals surface area contributed by atoms with Gasteiger partial charge in [0.05, 0.1) is 18.8 Å². The van der Waals surface area contributed by atoms with Crippen LogP contribution < -0.4 is 0 Å². The smallest absolute Gasteiger partial charge is 0.0771 e. The van der Waals surface area contributed by atoms with Crippen LogP contribution in [0.5, 0.6) is 0 Å². The standard InChI is InChI=1S/C9H13BrN2O/c10-4-8-5-11-12(6-8)7-9-2-1-3-13-9/h5-6,9H,1-4,7H2. The molecule has 1 aliphatic heterocycles. The van der Waals surface area contributed by atoms with E-state index >= 15 is 0 Å². The quantitative estimate of drug-likeness (QED) is 0.761. The summed E-state index contributed by atoms with van der Waals surface area (Å²) >= 11 is 3.40. The van der Waals surface area contributed by atoms with Gasteiger partial charge in [-0.2, -0.15) is 5.10 Å². The summed E-state index contributed by atoms with van der Waals surface area (Å²) in [6.45, 7) is 1.81. The lowest BCUT2D eigenvalue weighted by Gasteiger charge is -2.08. The lowest BCUT2D eigenvalue weighted by atomic mass is 10.2. The van der Waals surface area contributed by atoms with Gasteiger partial charge >= 0.3 is 0 Å². The van der Waals surface area contributed by atoms with Crippen molar-refractivity contribution in [2.45, 2.75) is 30.8 Å². The Morgan fingerprint density at radius 2 is 2.62 bits per heavy atom. The third-order valence-corrected chi connectivity index (χ3v) is 2.90. The fraction of sp³-hybridized carbons (Fsp3) is 0.667. The molecule has 2 heterocycles. The minimum atomic E-state index is 0.378. The van der Waals surface area contributed by atoms with Crippen molar-refractivity contribution in [2.24, 2.45) is 0 Å². The van der Waals surface area contributed by atoms with Gasteiger partial charge in [0.15, 0.2) is 0 Å². The summed E-state index contributed by atoms with van der Waals surface area (Å²) in [6, 6.07) is 0. The first-order valence-corrected chi connectivity index (χ1v) is 5.69. The average Bonchev–Trinajstić information content (AvgIpc) is 2.76. The molecule has 2 rings (SSSR count). The van der Waals surface area contributed by atoms with Gasteiger partial charge in [-0.1, -0.05) is 15.9 Å². The van der Waals surface area contributed by atoms with Crippen LogP contribution in [-0.2, 0) is 16.6 Å². The van der Waals surface area contributed by atoms with E-state index in [9.17, 15) is 0 Å². The lowest BCUT2D eigenvalue weighted by molar-refractivity contribution is 0.0940. The van der Waals surface area contributed by atoms with Crippen LogP contribution in [0.1, 0.15) is 18.4 Å². The monoisotopic (exact) mass is 244 g/mol. The van der Waals surface area contributed by atoms with Crippen LogP contribution in [0.2, 0.25) is 0 Å². The van der Waals surface area contributed by atoms with E-state index in [-0.39, 0.29) is 0 Å². The maximum Gasteiger partial charge on any atom is 0.0771 e. The Labute approximate surface area is 86.2 Å². The van der Waals surface area contributed by atoms with E-state index in [2.05, 4.69) is 27.2 Å². The topological polar surface area (TPSA) is 27.1 Å². The Morgan fingerprint density at radius 1 is 1.69 bits per heavy atom. The number of alkyl halides is 1. The SMILES string of the molecule is BrCc1cnn(CC2CCCO2)c1. The maximum absolute atomic E-state index is 5.53. The molecule has 72 valence electrons. The van der Waals surface area contributed by atoms with Gasteiger partial charge in [0, 0.05) is 23.7 Å². The zero-order chi connectivity index (χ0) is 9.10. The molecule has 0 aromatic carbocycles. The third kappa shape index (κ3) is 2.31. The van der Waals surface area contributed by atoms with Gasteiger partial charge in [0.25, 0.3) is 0 Å². The molecular formula is C9H13BrN2O. The summed E-state index contributed by atoms with van der Waals surface area (Å²) in [7, 11) is 0. The summed E-state index contributed by atoms with van der Waals surface area (Å²) < 4.78 is 7.49. The highest BCUT2D eigenvalue weighted by Crippen LogP contribution is 2.14. The zero-order valence-electron chi connectivity index (χ0n) is 7.45. The second kappa shape index (κ2) is 4.24. The molecule has 0 aliphatic carbocycles. The molecule has 1 aliphatic rings. The first-order chi connectivity index (χ1) is 6.38. The average molecular weight is 245 g/mol. The molecule has 3 nitrogen and oxygen atoms in total. The summed E-state index contributed by atoms with van der Waals surface area (Å²) in [5.41, 5.74) is 1.22. The molecule has 1 unspecified atom stereocenters. The number of nitrogens with zero attached hydrogens (tertiary/aromatic N) is 2. The van der Waals surface area contributed by atoms with E-state index in [1.807, 2.05) is 10.9 Å². The van der Waals surface area contributed by atoms with E-state index in [1.54, 1.807) is 0 Å². The summed E-state index contributed by atoms with van der Waals surface area (Å²) in [5.74, 6) is 0. The van der Waals surface area contributed by atoms with E-state index in [4.69, 9.17) is 4.74 Å². The van der Waals surface area contributed by atoms with Crippen LogP contribution in [0, 0.1) is 0 Å². The molecule has 0 radical (unpaired) electrons. The molecule has 0 amide bonds. The van der Waals surface area contributed by atoms with Gasteiger partial charge < -0.3 is 4.74 Å². The van der Waals surface area contributed by atoms with Gasteiger partial charge in [0.2, 0.25) is 0 Å². The van der Waals surface area contributed by atoms with Gasteiger partial charge in [-0.05, 0) is 12.8 Å². The highest BCUT2D eigenvalue weighted by molar-refractivity contribution is 9.08. The molecule has 1 aromatic heterocycles. The predicted molar refractivity (Wildman–Crippen MR) is 53.8 cm³/mol. The Bertz CT molecular complexity index is 268. The van der Waals surface area contributed by atoms with Crippen molar-refractivity contribution in [3.8, 4) is 0 Å². The Hall–Kier alpha value is -0.350. The first kappa shape index (κ1) is 9.21. The molecule has 1 fully saturated rings. The van der Waals surface area contributed by atoms with Crippen LogP contribution in [0.15, 0.2) is 12.4 Å². The number of ether oxygens (including phenoxy) is 1. The molecule has 13 heavy (non-hydrogen) atoms. The van der Waals surface area contributed by atoms with E-state index in [1.165, 1.54) is 18.4 Å². The molecule has 0 spiro atoms. The van der Waals surface area contributed by atoms with Crippen molar-refractivity contribution in [1.82, 2.24) is 9.78 Å². The lowest BCUT2D eigenvalue weighted by Crippen LogP contribution is -2.15. The number of halogens is 1. The molecular weight excluding hydrogens is 232 g/mol. The van der Waals surface area contributed by atoms with Crippen LogP contribution in [0.25, 0.3) is 0 Å². The fourth-order valence-electron chi connectivity index (χ4n) is 1.57. The normalized spacial score (nSPS) is 22.4. The molecule has 1 aromatic rings. The van der Waals surface area contributed by atoms with Crippen molar-refractivity contribution < 1.29 is 4.74 Å². The van der Waals surface area contributed by atoms with Crippen LogP contribution in [0.3, 0.4) is 0 Å². The Morgan fingerprint density at radius 3 is 3.23 bits per heavy atom. The first-order valence-electron chi connectivity index (χ1n) is 4.57. The second-order valence-electron chi connectivity index (χ2n) is 3.34. The number of rotatable bonds is 3. The number of hydrogen-bond acceptors (Lipinski definition) is 2. The van der Waals surface area contributed by atoms with Gasteiger partial charge in [-0.25, -0.2) is 0 Å². The minimum Gasteiger partial charge on any atom is -0.376 e. The summed E-state index contributed by atoms with van der Waals surface area (Å²) in [6.07, 6.45) is 6.70. The van der Waals surface area contributed by atoms with Crippen LogP contribution in [0.4, 0.5) is 0 Å². The fourth-order valence-corrected chi connectivity index (χ4v) is 1.86. The molecule has 0 bridgehead atoms. The van der Waals surface area contributed by atoms with Crippen LogP contribution >= 0.6 is 15.9 Å². The molecule has 0 saturated carbocycles. The highest BCUT2D eigenvalue weighted by Gasteiger charge is 2.15. The van der Waals surface area contributed by atoms with Gasteiger partial charge in [0.1, 0.15) is 0 Å². The number of aromatic nitrogens is 2. The number of hydrogen-bond donors (Lipinski definition) is 0. The van der Waals surface area contributed by atoms with Gasteiger partial charge in [-0.15, -0.1) is 0 Å². The van der Waals surface area contributed by atoms with Crippen molar-refractivity contribution >= 4 is 15.9 Å². The predicted octanol–water partition coefficient (Wildman–Crippen LogP) is 1.96. The third-order valence-electron chi connectivity index (χ3n) is 2.26. The Balaban J connectivity index is 1.92. The van der Waals surface area contributed by atoms with E-state index < -0.39 is 0 Å². The summed E-state index contributed by atoms with van der Waals surface area (Å²) in [5, 5.41) is 5.13. The van der Waals surface area contributed by atoms with Gasteiger partial charge in [-0.3, -0.25) is 4.68 Å². The van der Waals surface area contributed by atoms with E-state index in [0.29, 0.717) is 6.10 Å². The molecule has 1 saturated heterocycles.